The molecule has 0 spiro atoms. The van der Waals surface area contributed by atoms with E-state index in [9.17, 15) is 19.6 Å². The Morgan fingerprint density at radius 3 is 2.52 bits per heavy atom. The van der Waals surface area contributed by atoms with Gasteiger partial charge in [-0.15, -0.1) is 10.2 Å². The van der Waals surface area contributed by atoms with Gasteiger partial charge < -0.3 is 10.4 Å². The number of hydrogen-bond acceptors (Lipinski definition) is 6. The molecule has 8 nitrogen and oxygen atoms in total. The van der Waals surface area contributed by atoms with Crippen molar-refractivity contribution in [3.05, 3.63) is 65.3 Å². The number of aliphatic carboxylic acids is 1. The van der Waals surface area contributed by atoms with E-state index in [0.29, 0.717) is 11.3 Å². The molecule has 9 heteroatoms. The number of ketones is 1. The van der Waals surface area contributed by atoms with Gasteiger partial charge in [-0.3, -0.25) is 14.4 Å². The maximum absolute atomic E-state index is 13.2. The number of carboxylic acid groups (broad SMARTS) is 1. The molecule has 2 aliphatic carbocycles. The van der Waals surface area contributed by atoms with E-state index >= 15 is 0 Å². The van der Waals surface area contributed by atoms with Crippen molar-refractivity contribution in [2.24, 2.45) is 16.1 Å². The molecule has 2 N–H and O–H groups in total. The third-order valence-electron chi connectivity index (χ3n) is 5.10. The van der Waals surface area contributed by atoms with E-state index < -0.39 is 33.5 Å². The first-order chi connectivity index (χ1) is 14.9. The molecule has 154 valence electrons. The maximum atomic E-state index is 13.2. The van der Waals surface area contributed by atoms with Crippen LogP contribution in [0, 0.1) is 17.2 Å². The van der Waals surface area contributed by atoms with E-state index in [2.05, 4.69) is 38.1 Å². The van der Waals surface area contributed by atoms with Gasteiger partial charge in [-0.2, -0.15) is 5.26 Å². The number of nitrogens with one attached hydrogen (secondary N) is 1. The van der Waals surface area contributed by atoms with Gasteiger partial charge in [0.05, 0.1) is 9.49 Å². The highest BCUT2D eigenvalue weighted by Crippen LogP contribution is 2.49. The number of benzene rings is 1. The number of nitriles is 1. The first kappa shape index (κ1) is 20.9. The fourth-order valence-corrected chi connectivity index (χ4v) is 4.84. The van der Waals surface area contributed by atoms with Gasteiger partial charge in [-0.05, 0) is 17.6 Å². The molecule has 31 heavy (non-hydrogen) atoms. The van der Waals surface area contributed by atoms with Crippen LogP contribution in [0.2, 0.25) is 0 Å². The molecule has 0 radical (unpaired) electrons. The number of halogens is 1. The number of hydrogen-bond donors (Lipinski definition) is 2. The van der Waals surface area contributed by atoms with Crippen molar-refractivity contribution in [3.8, 4) is 6.07 Å². The highest BCUT2D eigenvalue weighted by Gasteiger charge is 2.45. The van der Waals surface area contributed by atoms with Gasteiger partial charge in [0.2, 0.25) is 11.7 Å². The zero-order valence-electron chi connectivity index (χ0n) is 16.0. The molecule has 1 unspecified atom stereocenters. The molecule has 1 atom stereocenters. The summed E-state index contributed by atoms with van der Waals surface area (Å²) in [6.45, 7) is -0.690. The van der Waals surface area contributed by atoms with E-state index in [4.69, 9.17) is 5.11 Å². The minimum Gasteiger partial charge on any atom is -0.480 e. The summed E-state index contributed by atoms with van der Waals surface area (Å²) in [5.41, 5.74) is 3.52. The normalized spacial score (nSPS) is 18.5. The molecule has 0 saturated heterocycles. The van der Waals surface area contributed by atoms with Crippen LogP contribution in [-0.2, 0) is 14.4 Å². The zero-order valence-corrected chi connectivity index (χ0v) is 18.2. The predicted octanol–water partition coefficient (Wildman–Crippen LogP) is 2.21. The van der Waals surface area contributed by atoms with Crippen LogP contribution in [-0.4, -0.2) is 44.2 Å². The summed E-state index contributed by atoms with van der Waals surface area (Å²) >= 11 is 2.30. The molecule has 0 saturated carbocycles. The van der Waals surface area contributed by atoms with Crippen molar-refractivity contribution >= 4 is 57.2 Å². The predicted molar refractivity (Wildman–Crippen MR) is 122 cm³/mol. The summed E-state index contributed by atoms with van der Waals surface area (Å²) in [6, 6.07) is 9.26. The molecule has 0 aromatic heterocycles. The van der Waals surface area contributed by atoms with Crippen LogP contribution in [0.4, 0.5) is 0 Å². The Bertz CT molecular complexity index is 1200. The Balaban J connectivity index is 1.78. The number of amides is 1. The zero-order chi connectivity index (χ0) is 22.2. The van der Waals surface area contributed by atoms with Gasteiger partial charge in [0.1, 0.15) is 18.0 Å². The van der Waals surface area contributed by atoms with E-state index in [1.54, 1.807) is 6.07 Å². The minimum absolute atomic E-state index is 0.0679. The highest BCUT2D eigenvalue weighted by molar-refractivity contribution is 14.1. The lowest BCUT2D eigenvalue weighted by Crippen LogP contribution is -2.40. The van der Waals surface area contributed by atoms with Crippen LogP contribution in [0.1, 0.15) is 17.5 Å². The molecule has 0 bridgehead atoms. The Kier molecular flexibility index (Phi) is 5.41. The molecule has 1 aromatic rings. The third-order valence-corrected chi connectivity index (χ3v) is 6.36. The van der Waals surface area contributed by atoms with Crippen LogP contribution in [0.3, 0.4) is 0 Å². The minimum atomic E-state index is -1.73. The van der Waals surface area contributed by atoms with E-state index in [1.807, 2.05) is 48.6 Å². The fraction of sp³-hybridized carbons (Fsp3) is 0.182. The van der Waals surface area contributed by atoms with E-state index in [0.717, 1.165) is 23.1 Å². The van der Waals surface area contributed by atoms with Crippen LogP contribution in [0.25, 0.3) is 5.57 Å². The second kappa shape index (κ2) is 8.03. The molecule has 1 heterocycles. The molecular formula is C22H15IN4O4. The lowest BCUT2D eigenvalue weighted by molar-refractivity contribution is -0.139. The summed E-state index contributed by atoms with van der Waals surface area (Å²) in [5, 5.41) is 28.5. The monoisotopic (exact) mass is 526 g/mol. The van der Waals surface area contributed by atoms with Crippen molar-refractivity contribution in [3.63, 3.8) is 0 Å². The van der Waals surface area contributed by atoms with Gasteiger partial charge in [-0.1, -0.05) is 71.2 Å². The van der Waals surface area contributed by atoms with Crippen LogP contribution in [0.15, 0.2) is 64.3 Å². The number of carbonyl (C=O) groups is 3. The smallest absolute Gasteiger partial charge is 0.322 e. The highest BCUT2D eigenvalue weighted by atomic mass is 127. The van der Waals surface area contributed by atoms with Crippen molar-refractivity contribution in [1.82, 2.24) is 5.32 Å². The average Bonchev–Trinajstić information content (AvgIpc) is 3.31. The molecule has 3 aliphatic rings. The number of fused-ring (bicyclic) bond motifs is 3. The van der Waals surface area contributed by atoms with Crippen molar-refractivity contribution < 1.29 is 19.5 Å². The molecule has 0 fully saturated rings. The molecule has 1 aliphatic heterocycles. The summed E-state index contributed by atoms with van der Waals surface area (Å²) < 4.78 is -0.558. The first-order valence-electron chi connectivity index (χ1n) is 9.36. The molecular weight excluding hydrogens is 511 g/mol. The standard InChI is InChI=1S/C22H15IN4O4/c23-22(8-4-1-5-9-22)17-12-6-2-3-7-13(12)18-16(17)19(27-26-18)20(30)14(10-24)21(31)25-11-15(28)29/h2-9,14H,1,11H2,(H,25,31)(H,28,29). The Hall–Kier alpha value is -3.39. The van der Waals surface area contributed by atoms with Crippen LogP contribution in [0.5, 0.6) is 0 Å². The number of carbonyl (C=O) groups excluding carboxylic acids is 2. The van der Waals surface area contributed by atoms with Crippen LogP contribution >= 0.6 is 22.6 Å². The lowest BCUT2D eigenvalue weighted by atomic mass is 9.86. The van der Waals surface area contributed by atoms with Crippen molar-refractivity contribution in [1.29, 1.82) is 5.26 Å². The molecule has 1 amide bonds. The Morgan fingerprint density at radius 1 is 1.19 bits per heavy atom. The van der Waals surface area contributed by atoms with Gasteiger partial charge in [-0.25, -0.2) is 0 Å². The van der Waals surface area contributed by atoms with Gasteiger partial charge in [0.15, 0.2) is 5.92 Å². The van der Waals surface area contributed by atoms with Gasteiger partial charge in [0.25, 0.3) is 0 Å². The number of nitrogens with zero attached hydrogens (tertiary/aromatic N) is 3. The molecule has 1 aromatic carbocycles. The van der Waals surface area contributed by atoms with Crippen LogP contribution < -0.4 is 5.32 Å². The Labute approximate surface area is 190 Å². The number of alkyl halides is 1. The number of Topliss-reactive ketones (excluding diaryl/α,β-unsaturated/α-hetero) is 1. The number of rotatable bonds is 6. The topological polar surface area (TPSA) is 132 Å². The summed E-state index contributed by atoms with van der Waals surface area (Å²) in [7, 11) is 0. The van der Waals surface area contributed by atoms with Gasteiger partial charge in [0, 0.05) is 11.1 Å². The van der Waals surface area contributed by atoms with Gasteiger partial charge >= 0.3 is 5.97 Å². The van der Waals surface area contributed by atoms with E-state index in [-0.39, 0.29) is 5.71 Å². The lowest BCUT2D eigenvalue weighted by Gasteiger charge is -2.26. The summed E-state index contributed by atoms with van der Waals surface area (Å²) in [6.07, 6.45) is 8.94. The number of carboxylic acids is 1. The quantitative estimate of drug-likeness (QED) is 0.254. The summed E-state index contributed by atoms with van der Waals surface area (Å²) in [4.78, 5) is 36.2. The third kappa shape index (κ3) is 3.53. The van der Waals surface area contributed by atoms with Crippen molar-refractivity contribution in [2.75, 3.05) is 6.54 Å². The number of allylic oxidation sites excluding steroid dienone is 6. The van der Waals surface area contributed by atoms with E-state index in [1.165, 1.54) is 0 Å². The maximum Gasteiger partial charge on any atom is 0.322 e. The Morgan fingerprint density at radius 2 is 1.87 bits per heavy atom. The average molecular weight is 526 g/mol. The fourth-order valence-electron chi connectivity index (χ4n) is 3.77. The molecule has 4 rings (SSSR count). The second-order valence-corrected chi connectivity index (χ2v) is 8.82. The van der Waals surface area contributed by atoms with Crippen molar-refractivity contribution in [2.45, 2.75) is 9.84 Å². The summed E-state index contributed by atoms with van der Waals surface area (Å²) in [5.74, 6) is -4.80. The first-order valence-corrected chi connectivity index (χ1v) is 10.4. The SMILES string of the molecule is N#CC(C(=O)NCC(=O)O)C(=O)C1=NN=C2C1=C(C1(I)C=CCC=C1)c1ccccc12. The second-order valence-electron chi connectivity index (χ2n) is 7.04. The largest absolute Gasteiger partial charge is 0.480 e.